The van der Waals surface area contributed by atoms with E-state index < -0.39 is 0 Å². The molecule has 0 heterocycles. The Morgan fingerprint density at radius 2 is 2.13 bits per heavy atom. The Morgan fingerprint density at radius 3 is 2.60 bits per heavy atom. The highest BCUT2D eigenvalue weighted by molar-refractivity contribution is 5.79. The second kappa shape index (κ2) is 6.11. The van der Waals surface area contributed by atoms with Gasteiger partial charge in [-0.05, 0) is 24.7 Å². The predicted octanol–water partition coefficient (Wildman–Crippen LogP) is 1.52. The first-order chi connectivity index (χ1) is 7.15. The molecule has 0 aliphatic heterocycles. The van der Waals surface area contributed by atoms with Crippen LogP contribution in [0.2, 0.25) is 0 Å². The van der Waals surface area contributed by atoms with Gasteiger partial charge >= 0.3 is 0 Å². The van der Waals surface area contributed by atoms with E-state index in [1.54, 1.807) is 0 Å². The van der Waals surface area contributed by atoms with E-state index in [4.69, 9.17) is 5.73 Å². The van der Waals surface area contributed by atoms with Crippen LogP contribution in [0.25, 0.3) is 0 Å². The van der Waals surface area contributed by atoms with Crippen LogP contribution in [0.5, 0.6) is 0 Å². The van der Waals surface area contributed by atoms with Crippen LogP contribution in [-0.4, -0.2) is 19.0 Å². The van der Waals surface area contributed by atoms with Crippen molar-refractivity contribution in [2.24, 2.45) is 23.5 Å². The lowest BCUT2D eigenvalue weighted by atomic mass is 9.95. The van der Waals surface area contributed by atoms with Crippen molar-refractivity contribution in [1.82, 2.24) is 5.32 Å². The molecule has 3 heteroatoms. The van der Waals surface area contributed by atoms with Gasteiger partial charge in [0.15, 0.2) is 0 Å². The lowest BCUT2D eigenvalue weighted by Gasteiger charge is -2.18. The van der Waals surface area contributed by atoms with Crippen molar-refractivity contribution in [3.63, 3.8) is 0 Å². The van der Waals surface area contributed by atoms with Gasteiger partial charge in [0.2, 0.25) is 5.91 Å². The van der Waals surface area contributed by atoms with Gasteiger partial charge in [-0.1, -0.05) is 26.7 Å². The molecule has 1 saturated carbocycles. The van der Waals surface area contributed by atoms with E-state index in [0.29, 0.717) is 12.5 Å². The molecule has 1 rings (SSSR count). The Balaban J connectivity index is 2.09. The largest absolute Gasteiger partial charge is 0.356 e. The Kier molecular flexibility index (Phi) is 5.09. The monoisotopic (exact) mass is 212 g/mol. The fraction of sp³-hybridized carbons (Fsp3) is 0.917. The van der Waals surface area contributed by atoms with Gasteiger partial charge in [-0.3, -0.25) is 4.79 Å². The quantitative estimate of drug-likeness (QED) is 0.629. The Morgan fingerprint density at radius 1 is 1.47 bits per heavy atom. The van der Waals surface area contributed by atoms with Crippen LogP contribution in [0.15, 0.2) is 0 Å². The van der Waals surface area contributed by atoms with Crippen LogP contribution in [0.1, 0.15) is 39.5 Å². The first kappa shape index (κ1) is 12.5. The van der Waals surface area contributed by atoms with Gasteiger partial charge in [0.05, 0.1) is 5.92 Å². The fourth-order valence-electron chi connectivity index (χ4n) is 1.82. The normalized spacial score (nSPS) is 17.9. The molecule has 1 atom stereocenters. The molecule has 1 aliphatic carbocycles. The minimum absolute atomic E-state index is 0.0223. The molecular formula is C12H24N2O. The van der Waals surface area contributed by atoms with E-state index in [9.17, 15) is 4.79 Å². The Hall–Kier alpha value is -0.570. The summed E-state index contributed by atoms with van der Waals surface area (Å²) in [5.74, 6) is 1.39. The third-order valence-electron chi connectivity index (χ3n) is 3.18. The number of hydrogen-bond donors (Lipinski definition) is 2. The highest BCUT2D eigenvalue weighted by atomic mass is 16.1. The predicted molar refractivity (Wildman–Crippen MR) is 62.4 cm³/mol. The molecule has 1 amide bonds. The summed E-state index contributed by atoms with van der Waals surface area (Å²) in [4.78, 5) is 11.7. The molecule has 0 aromatic carbocycles. The van der Waals surface area contributed by atoms with Gasteiger partial charge in [-0.2, -0.15) is 0 Å². The summed E-state index contributed by atoms with van der Waals surface area (Å²) in [5, 5.41) is 2.98. The number of nitrogens with one attached hydrogen (secondary N) is 1. The first-order valence-electron chi connectivity index (χ1n) is 6.13. The number of nitrogens with two attached hydrogens (primary N) is 1. The van der Waals surface area contributed by atoms with E-state index in [-0.39, 0.29) is 11.8 Å². The van der Waals surface area contributed by atoms with E-state index in [2.05, 4.69) is 5.32 Å². The van der Waals surface area contributed by atoms with Gasteiger partial charge < -0.3 is 11.1 Å². The molecule has 0 aromatic rings. The molecule has 1 fully saturated rings. The molecular weight excluding hydrogens is 188 g/mol. The molecule has 1 aliphatic rings. The van der Waals surface area contributed by atoms with Crippen molar-refractivity contribution in [2.45, 2.75) is 39.5 Å². The van der Waals surface area contributed by atoms with E-state index in [0.717, 1.165) is 18.9 Å². The van der Waals surface area contributed by atoms with E-state index >= 15 is 0 Å². The summed E-state index contributed by atoms with van der Waals surface area (Å²) in [5.41, 5.74) is 5.58. The van der Waals surface area contributed by atoms with Crippen LogP contribution < -0.4 is 11.1 Å². The number of carbonyl (C=O) groups excluding carboxylic acids is 1. The van der Waals surface area contributed by atoms with Crippen LogP contribution in [0, 0.1) is 17.8 Å². The zero-order chi connectivity index (χ0) is 11.3. The van der Waals surface area contributed by atoms with Crippen molar-refractivity contribution in [3.05, 3.63) is 0 Å². The van der Waals surface area contributed by atoms with Crippen LogP contribution in [0.3, 0.4) is 0 Å². The second-order valence-electron chi connectivity index (χ2n) is 4.96. The second-order valence-corrected chi connectivity index (χ2v) is 4.96. The van der Waals surface area contributed by atoms with Gasteiger partial charge in [-0.15, -0.1) is 0 Å². The minimum Gasteiger partial charge on any atom is -0.356 e. The Bertz CT molecular complexity index is 200. The van der Waals surface area contributed by atoms with Crippen molar-refractivity contribution in [2.75, 3.05) is 13.1 Å². The van der Waals surface area contributed by atoms with Gasteiger partial charge in [-0.25, -0.2) is 0 Å². The summed E-state index contributed by atoms with van der Waals surface area (Å²) in [6.07, 6.45) is 5.18. The molecule has 1 unspecified atom stereocenters. The average Bonchev–Trinajstić information content (AvgIpc) is 2.96. The SMILES string of the molecule is CC(C)C(CN)C(=O)NCCCC1CC1. The van der Waals surface area contributed by atoms with Crippen molar-refractivity contribution < 1.29 is 4.79 Å². The summed E-state index contributed by atoms with van der Waals surface area (Å²) in [6, 6.07) is 0. The number of carbonyl (C=O) groups is 1. The lowest BCUT2D eigenvalue weighted by Crippen LogP contribution is -2.38. The van der Waals surface area contributed by atoms with E-state index in [1.807, 2.05) is 13.8 Å². The lowest BCUT2D eigenvalue weighted by molar-refractivity contribution is -0.125. The smallest absolute Gasteiger partial charge is 0.224 e. The average molecular weight is 212 g/mol. The fourth-order valence-corrected chi connectivity index (χ4v) is 1.82. The molecule has 3 nitrogen and oxygen atoms in total. The Labute approximate surface area is 92.8 Å². The molecule has 0 spiro atoms. The number of rotatable bonds is 7. The standard InChI is InChI=1S/C12H24N2O/c1-9(2)11(8-13)12(15)14-7-3-4-10-5-6-10/h9-11H,3-8,13H2,1-2H3,(H,14,15). The number of hydrogen-bond acceptors (Lipinski definition) is 2. The zero-order valence-corrected chi connectivity index (χ0v) is 9.96. The van der Waals surface area contributed by atoms with Crippen molar-refractivity contribution >= 4 is 5.91 Å². The number of amides is 1. The zero-order valence-electron chi connectivity index (χ0n) is 9.96. The summed E-state index contributed by atoms with van der Waals surface area (Å²) >= 11 is 0. The molecule has 0 saturated heterocycles. The molecule has 88 valence electrons. The molecule has 3 N–H and O–H groups in total. The molecule has 0 aromatic heterocycles. The highest BCUT2D eigenvalue weighted by Gasteiger charge is 2.22. The van der Waals surface area contributed by atoms with Crippen LogP contribution in [0.4, 0.5) is 0 Å². The first-order valence-corrected chi connectivity index (χ1v) is 6.13. The van der Waals surface area contributed by atoms with Crippen molar-refractivity contribution in [3.8, 4) is 0 Å². The molecule has 0 bridgehead atoms. The third-order valence-corrected chi connectivity index (χ3v) is 3.18. The van der Waals surface area contributed by atoms with Gasteiger partial charge in [0, 0.05) is 13.1 Å². The van der Waals surface area contributed by atoms with Crippen LogP contribution >= 0.6 is 0 Å². The van der Waals surface area contributed by atoms with Gasteiger partial charge in [0.25, 0.3) is 0 Å². The molecule has 15 heavy (non-hydrogen) atoms. The summed E-state index contributed by atoms with van der Waals surface area (Å²) in [7, 11) is 0. The summed E-state index contributed by atoms with van der Waals surface area (Å²) < 4.78 is 0. The molecule has 0 radical (unpaired) electrons. The topological polar surface area (TPSA) is 55.1 Å². The third kappa shape index (κ3) is 4.65. The van der Waals surface area contributed by atoms with E-state index in [1.165, 1.54) is 19.3 Å². The maximum absolute atomic E-state index is 11.7. The van der Waals surface area contributed by atoms with Gasteiger partial charge in [0.1, 0.15) is 0 Å². The maximum Gasteiger partial charge on any atom is 0.224 e. The van der Waals surface area contributed by atoms with Crippen LogP contribution in [-0.2, 0) is 4.79 Å². The van der Waals surface area contributed by atoms with Crippen molar-refractivity contribution in [1.29, 1.82) is 0 Å². The highest BCUT2D eigenvalue weighted by Crippen LogP contribution is 2.33. The maximum atomic E-state index is 11.7. The summed E-state index contributed by atoms with van der Waals surface area (Å²) in [6.45, 7) is 5.35. The minimum atomic E-state index is -0.0223.